The van der Waals surface area contributed by atoms with Crippen molar-refractivity contribution < 1.29 is 13.2 Å². The number of rotatable bonds is 6. The second kappa shape index (κ2) is 6.83. The van der Waals surface area contributed by atoms with Gasteiger partial charge in [0, 0.05) is 18.7 Å². The zero-order valence-corrected chi connectivity index (χ0v) is 12.8. The summed E-state index contributed by atoms with van der Waals surface area (Å²) in [5, 5.41) is 10.9. The number of nitrogens with one attached hydrogen (secondary N) is 2. The number of benzene rings is 1. The molecule has 0 bridgehead atoms. The third-order valence-corrected chi connectivity index (χ3v) is 3.92. The van der Waals surface area contributed by atoms with Crippen molar-refractivity contribution in [2.45, 2.75) is 32.1 Å². The molecule has 0 aromatic heterocycles. The molecule has 0 spiro atoms. The molecule has 7 heteroatoms. The van der Waals surface area contributed by atoms with Gasteiger partial charge < -0.3 is 10.6 Å². The van der Waals surface area contributed by atoms with Crippen LogP contribution < -0.4 is 15.8 Å². The second-order valence-electron chi connectivity index (χ2n) is 4.61. The van der Waals surface area contributed by atoms with Crippen LogP contribution in [0.2, 0.25) is 0 Å². The number of carbonyl (C=O) groups excluding carboxylic acids is 1. The van der Waals surface area contributed by atoms with Crippen molar-refractivity contribution in [2.75, 3.05) is 18.4 Å². The van der Waals surface area contributed by atoms with Crippen LogP contribution >= 0.6 is 0 Å². The summed E-state index contributed by atoms with van der Waals surface area (Å²) in [5.41, 5.74) is 2.07. The van der Waals surface area contributed by atoms with E-state index in [1.165, 1.54) is 12.1 Å². The molecule has 0 aliphatic carbocycles. The summed E-state index contributed by atoms with van der Waals surface area (Å²) in [5.74, 6) is -0.167. The second-order valence-corrected chi connectivity index (χ2v) is 6.17. The van der Waals surface area contributed by atoms with Crippen molar-refractivity contribution in [1.82, 2.24) is 5.32 Å². The van der Waals surface area contributed by atoms with E-state index < -0.39 is 10.0 Å². The van der Waals surface area contributed by atoms with Crippen molar-refractivity contribution in [3.8, 4) is 0 Å². The fourth-order valence-corrected chi connectivity index (χ4v) is 2.33. The van der Waals surface area contributed by atoms with Crippen LogP contribution in [-0.4, -0.2) is 27.4 Å². The maximum atomic E-state index is 11.8. The van der Waals surface area contributed by atoms with Crippen LogP contribution in [0.4, 0.5) is 5.69 Å². The number of anilines is 1. The topological polar surface area (TPSA) is 101 Å². The Hall–Kier alpha value is -1.44. The van der Waals surface area contributed by atoms with Crippen molar-refractivity contribution in [2.24, 2.45) is 5.14 Å². The van der Waals surface area contributed by atoms with E-state index in [2.05, 4.69) is 10.6 Å². The molecule has 1 aromatic carbocycles. The molecule has 112 valence electrons. The van der Waals surface area contributed by atoms with Gasteiger partial charge in [-0.1, -0.05) is 6.92 Å². The number of carbonyl (C=O) groups is 1. The number of amides is 1. The van der Waals surface area contributed by atoms with E-state index in [1.54, 1.807) is 6.92 Å². The van der Waals surface area contributed by atoms with Crippen molar-refractivity contribution in [3.63, 3.8) is 0 Å². The van der Waals surface area contributed by atoms with Crippen molar-refractivity contribution in [1.29, 1.82) is 0 Å². The molecule has 0 saturated heterocycles. The van der Waals surface area contributed by atoms with Gasteiger partial charge in [-0.3, -0.25) is 4.79 Å². The molecule has 0 aliphatic heterocycles. The molecular weight excluding hydrogens is 278 g/mol. The fraction of sp³-hybridized carbons (Fsp3) is 0.462. The van der Waals surface area contributed by atoms with Gasteiger partial charge in [0.05, 0.1) is 4.90 Å². The number of sulfonamides is 1. The van der Waals surface area contributed by atoms with Gasteiger partial charge in [0.1, 0.15) is 0 Å². The highest BCUT2D eigenvalue weighted by molar-refractivity contribution is 7.89. The van der Waals surface area contributed by atoms with E-state index in [0.29, 0.717) is 18.7 Å². The molecule has 0 saturated carbocycles. The van der Waals surface area contributed by atoms with Gasteiger partial charge in [-0.25, -0.2) is 13.6 Å². The summed E-state index contributed by atoms with van der Waals surface area (Å²) in [6, 6.07) is 2.89. The third-order valence-electron chi connectivity index (χ3n) is 3.02. The number of primary sulfonamides is 1. The van der Waals surface area contributed by atoms with E-state index >= 15 is 0 Å². The van der Waals surface area contributed by atoms with Crippen LogP contribution in [0.3, 0.4) is 0 Å². The van der Waals surface area contributed by atoms with Gasteiger partial charge in [0.25, 0.3) is 0 Å². The molecule has 0 radical (unpaired) electrons. The summed E-state index contributed by atoms with van der Waals surface area (Å²) in [6.45, 7) is 6.93. The molecule has 1 amide bonds. The maximum absolute atomic E-state index is 11.8. The summed E-state index contributed by atoms with van der Waals surface area (Å²) in [4.78, 5) is 11.8. The van der Waals surface area contributed by atoms with Gasteiger partial charge in [-0.2, -0.15) is 0 Å². The lowest BCUT2D eigenvalue weighted by atomic mass is 10.1. The van der Waals surface area contributed by atoms with Crippen LogP contribution in [0, 0.1) is 13.8 Å². The summed E-state index contributed by atoms with van der Waals surface area (Å²) in [6.07, 6.45) is 0.325. The summed E-state index contributed by atoms with van der Waals surface area (Å²) < 4.78 is 22.8. The molecule has 1 rings (SSSR count). The Morgan fingerprint density at radius 2 is 1.95 bits per heavy atom. The molecular formula is C13H21N3O3S. The highest BCUT2D eigenvalue weighted by Gasteiger charge is 2.14. The van der Waals surface area contributed by atoms with Gasteiger partial charge in [0.2, 0.25) is 15.9 Å². The minimum absolute atomic E-state index is 0.00239. The van der Waals surface area contributed by atoms with Crippen LogP contribution in [0.15, 0.2) is 17.0 Å². The lowest BCUT2D eigenvalue weighted by Gasteiger charge is -2.12. The van der Waals surface area contributed by atoms with E-state index in [0.717, 1.165) is 17.7 Å². The predicted octanol–water partition coefficient (Wildman–Crippen LogP) is 0.889. The number of nitrogens with two attached hydrogens (primary N) is 1. The van der Waals surface area contributed by atoms with E-state index in [-0.39, 0.29) is 10.8 Å². The van der Waals surface area contributed by atoms with Crippen LogP contribution in [0.1, 0.15) is 24.5 Å². The molecule has 0 unspecified atom stereocenters. The van der Waals surface area contributed by atoms with E-state index in [1.807, 2.05) is 13.8 Å². The van der Waals surface area contributed by atoms with Gasteiger partial charge in [0.15, 0.2) is 0 Å². The first-order chi connectivity index (χ1) is 9.25. The smallest absolute Gasteiger partial charge is 0.238 e. The molecule has 0 fully saturated rings. The first-order valence-corrected chi connectivity index (χ1v) is 7.95. The Morgan fingerprint density at radius 1 is 1.30 bits per heavy atom. The molecule has 20 heavy (non-hydrogen) atoms. The predicted molar refractivity (Wildman–Crippen MR) is 79.1 cm³/mol. The lowest BCUT2D eigenvalue weighted by molar-refractivity contribution is -0.116. The third kappa shape index (κ3) is 4.59. The summed E-state index contributed by atoms with van der Waals surface area (Å²) in [7, 11) is -3.78. The monoisotopic (exact) mass is 299 g/mol. The SMILES string of the molecule is CCNCCC(=O)Nc1cc(S(N)(=O)=O)cc(C)c1C. The molecule has 1 aromatic rings. The Bertz CT molecular complexity index is 597. The molecule has 6 nitrogen and oxygen atoms in total. The van der Waals surface area contributed by atoms with Crippen LogP contribution in [0.5, 0.6) is 0 Å². The Kier molecular flexibility index (Phi) is 5.67. The first-order valence-electron chi connectivity index (χ1n) is 6.40. The number of hydrogen-bond donors (Lipinski definition) is 3. The fourth-order valence-electron chi connectivity index (χ4n) is 1.71. The van der Waals surface area contributed by atoms with Crippen molar-refractivity contribution in [3.05, 3.63) is 23.3 Å². The standard InChI is InChI=1S/C13H21N3O3S/c1-4-15-6-5-13(17)16-12-8-11(20(14,18)19)7-9(2)10(12)3/h7-8,15H,4-6H2,1-3H3,(H,16,17)(H2,14,18,19). The quantitative estimate of drug-likeness (QED) is 0.679. The molecule has 0 heterocycles. The number of aryl methyl sites for hydroxylation is 1. The molecule has 0 atom stereocenters. The van der Waals surface area contributed by atoms with Crippen LogP contribution in [0.25, 0.3) is 0 Å². The zero-order valence-electron chi connectivity index (χ0n) is 12.0. The largest absolute Gasteiger partial charge is 0.326 e. The highest BCUT2D eigenvalue weighted by Crippen LogP contribution is 2.23. The Balaban J connectivity index is 2.95. The zero-order chi connectivity index (χ0) is 15.3. The van der Waals surface area contributed by atoms with Gasteiger partial charge >= 0.3 is 0 Å². The minimum atomic E-state index is -3.78. The first kappa shape index (κ1) is 16.6. The molecule has 0 aliphatic rings. The van der Waals surface area contributed by atoms with E-state index in [4.69, 9.17) is 5.14 Å². The highest BCUT2D eigenvalue weighted by atomic mass is 32.2. The van der Waals surface area contributed by atoms with E-state index in [9.17, 15) is 13.2 Å². The van der Waals surface area contributed by atoms with Gasteiger partial charge in [-0.05, 0) is 43.7 Å². The Labute approximate surface area is 119 Å². The average Bonchev–Trinajstić information content (AvgIpc) is 2.33. The lowest BCUT2D eigenvalue weighted by Crippen LogP contribution is -2.22. The minimum Gasteiger partial charge on any atom is -0.326 e. The molecule has 4 N–H and O–H groups in total. The maximum Gasteiger partial charge on any atom is 0.238 e. The van der Waals surface area contributed by atoms with Crippen molar-refractivity contribution >= 4 is 21.6 Å². The van der Waals surface area contributed by atoms with Crippen LogP contribution in [-0.2, 0) is 14.8 Å². The Morgan fingerprint density at radius 3 is 2.50 bits per heavy atom. The average molecular weight is 299 g/mol. The summed E-state index contributed by atoms with van der Waals surface area (Å²) >= 11 is 0. The number of hydrogen-bond acceptors (Lipinski definition) is 4. The normalized spacial score (nSPS) is 11.4. The van der Waals surface area contributed by atoms with Gasteiger partial charge in [-0.15, -0.1) is 0 Å².